The number of rotatable bonds is 10. The highest BCUT2D eigenvalue weighted by Gasteiger charge is 2.53. The molecule has 5 amide bonds. The summed E-state index contributed by atoms with van der Waals surface area (Å²) in [4.78, 5) is 68.4. The second-order valence-electron chi connectivity index (χ2n) is 17.2. The van der Waals surface area contributed by atoms with Crippen molar-refractivity contribution in [3.8, 4) is 5.75 Å². The van der Waals surface area contributed by atoms with Gasteiger partial charge in [-0.15, -0.1) is 10.2 Å². The van der Waals surface area contributed by atoms with E-state index >= 15 is 0 Å². The Bertz CT molecular complexity index is 2500. The number of fused-ring (bicyclic) bond motifs is 2. The third-order valence-corrected chi connectivity index (χ3v) is 13.2. The summed E-state index contributed by atoms with van der Waals surface area (Å²) < 4.78 is 57.4. The Morgan fingerprint density at radius 2 is 1.70 bits per heavy atom. The number of ether oxygens (including phenoxy) is 2. The monoisotopic (exact) mass is 823 g/mol. The summed E-state index contributed by atoms with van der Waals surface area (Å²) in [5.74, 6) is -1.23. The number of alkyl halides is 3. The topological polar surface area (TPSA) is 156 Å². The molecule has 5 aliphatic heterocycles. The van der Waals surface area contributed by atoms with Crippen molar-refractivity contribution in [3.05, 3.63) is 100 Å². The predicted molar refractivity (Wildman–Crippen MR) is 206 cm³/mol. The highest BCUT2D eigenvalue weighted by Crippen LogP contribution is 2.55. The van der Waals surface area contributed by atoms with E-state index in [1.165, 1.54) is 23.1 Å². The van der Waals surface area contributed by atoms with Crippen LogP contribution in [0.3, 0.4) is 0 Å². The molecular weight excluding hydrogens is 784 g/mol. The molecule has 6 aliphatic rings. The molecular formula is C43H40F3N7O7. The minimum absolute atomic E-state index is 0.0210. The van der Waals surface area contributed by atoms with Crippen LogP contribution < -0.4 is 19.9 Å². The molecule has 6 heterocycles. The van der Waals surface area contributed by atoms with Crippen LogP contribution in [0.1, 0.15) is 85.7 Å². The number of hydrogen-bond donors (Lipinski definition) is 1. The number of benzene rings is 3. The number of anilines is 2. The zero-order valence-electron chi connectivity index (χ0n) is 32.6. The van der Waals surface area contributed by atoms with E-state index in [0.29, 0.717) is 62.4 Å². The van der Waals surface area contributed by atoms with Crippen molar-refractivity contribution < 1.29 is 46.6 Å². The molecule has 310 valence electrons. The normalized spacial score (nSPS) is 21.8. The first-order chi connectivity index (χ1) is 28.7. The summed E-state index contributed by atoms with van der Waals surface area (Å²) >= 11 is 0. The minimum atomic E-state index is -4.65. The van der Waals surface area contributed by atoms with E-state index < -0.39 is 52.7 Å². The fraction of sp³-hybridized carbons (Fsp3) is 0.419. The van der Waals surface area contributed by atoms with E-state index in [2.05, 4.69) is 15.5 Å². The van der Waals surface area contributed by atoms with Gasteiger partial charge in [-0.3, -0.25) is 34.2 Å². The number of carbonyl (C=O) groups is 5. The first-order valence-electron chi connectivity index (χ1n) is 20.0. The molecule has 0 bridgehead atoms. The highest BCUT2D eigenvalue weighted by molar-refractivity contribution is 6.23. The maximum absolute atomic E-state index is 14.6. The SMILES string of the molecule is Cn1cnnc1CC1(c2cccc(N3Cc4c(cc(N5CC6(CC(CCOc7ccc8c(c7)C(=O)N(C7CCC(=O)NC7=O)C8=O)C6)C5)cc4C(F)(F)F)C3=O)c2)COC1. The lowest BCUT2D eigenvalue weighted by Crippen LogP contribution is -2.62. The van der Waals surface area contributed by atoms with Crippen molar-refractivity contribution >= 4 is 40.9 Å². The fourth-order valence-electron chi connectivity index (χ4n) is 9.99. The van der Waals surface area contributed by atoms with Crippen molar-refractivity contribution in [1.82, 2.24) is 25.0 Å². The van der Waals surface area contributed by atoms with Gasteiger partial charge in [-0.2, -0.15) is 13.2 Å². The van der Waals surface area contributed by atoms with Crippen LogP contribution in [-0.2, 0) is 45.9 Å². The summed E-state index contributed by atoms with van der Waals surface area (Å²) in [5, 5.41) is 10.4. The van der Waals surface area contributed by atoms with E-state index in [9.17, 15) is 37.1 Å². The van der Waals surface area contributed by atoms with E-state index in [-0.39, 0.29) is 47.1 Å². The number of imide groups is 2. The van der Waals surface area contributed by atoms with E-state index in [4.69, 9.17) is 9.47 Å². The standard InChI is InChI=1S/C43H40F3N7O7/c1-50-23-47-49-35(50)17-42(21-59-22-42)25-3-2-4-26(11-25)52-18-32-30(38(52)56)12-27(13-33(32)43(44,45)46)51-19-41(20-51)15-24(16-41)9-10-60-28-5-6-29-31(14-28)40(58)53(39(29)57)34-7-8-36(54)48-37(34)55/h2-6,11-14,23-24,34H,7-10,15-22H2,1H3,(H,48,54,55). The molecule has 1 aromatic heterocycles. The van der Waals surface area contributed by atoms with Crippen LogP contribution in [0.5, 0.6) is 5.75 Å². The van der Waals surface area contributed by atoms with Gasteiger partial charge in [0.25, 0.3) is 17.7 Å². The predicted octanol–water partition coefficient (Wildman–Crippen LogP) is 4.59. The Labute approximate surface area is 341 Å². The number of hydrogen-bond acceptors (Lipinski definition) is 10. The molecule has 0 radical (unpaired) electrons. The average molecular weight is 824 g/mol. The van der Waals surface area contributed by atoms with Crippen LogP contribution >= 0.6 is 0 Å². The lowest BCUT2D eigenvalue weighted by molar-refractivity contribution is -0.138. The number of aromatic nitrogens is 3. The van der Waals surface area contributed by atoms with Crippen LogP contribution in [0.15, 0.2) is 60.9 Å². The summed E-state index contributed by atoms with van der Waals surface area (Å²) in [6.07, 6.45) is 0.139. The van der Waals surface area contributed by atoms with Gasteiger partial charge >= 0.3 is 6.18 Å². The molecule has 4 fully saturated rings. The summed E-state index contributed by atoms with van der Waals surface area (Å²) in [5.41, 5.74) is 0.986. The molecule has 17 heteroatoms. The third kappa shape index (κ3) is 6.23. The molecule has 60 heavy (non-hydrogen) atoms. The quantitative estimate of drug-likeness (QED) is 0.225. The maximum atomic E-state index is 14.6. The molecule has 1 N–H and O–H groups in total. The molecule has 3 aromatic carbocycles. The van der Waals surface area contributed by atoms with Crippen LogP contribution in [0.2, 0.25) is 0 Å². The van der Waals surface area contributed by atoms with Crippen LogP contribution in [0.25, 0.3) is 0 Å². The number of aryl methyl sites for hydroxylation is 1. The maximum Gasteiger partial charge on any atom is 0.416 e. The first-order valence-corrected chi connectivity index (χ1v) is 20.0. The molecule has 1 saturated carbocycles. The van der Waals surface area contributed by atoms with Crippen molar-refractivity contribution in [1.29, 1.82) is 0 Å². The zero-order valence-corrected chi connectivity index (χ0v) is 32.6. The van der Waals surface area contributed by atoms with Crippen LogP contribution in [0, 0.1) is 11.3 Å². The average Bonchev–Trinajstić information content (AvgIpc) is 3.81. The van der Waals surface area contributed by atoms with Gasteiger partial charge in [0, 0.05) is 60.7 Å². The Morgan fingerprint density at radius 1 is 0.917 bits per heavy atom. The van der Waals surface area contributed by atoms with Gasteiger partial charge in [0.1, 0.15) is 23.9 Å². The Morgan fingerprint density at radius 3 is 2.40 bits per heavy atom. The lowest BCUT2D eigenvalue weighted by Gasteiger charge is -2.60. The number of amides is 5. The molecule has 1 aliphatic carbocycles. The van der Waals surface area contributed by atoms with Crippen molar-refractivity contribution in [2.75, 3.05) is 42.7 Å². The minimum Gasteiger partial charge on any atom is -0.494 e. The smallest absolute Gasteiger partial charge is 0.416 e. The number of nitrogens with zero attached hydrogens (tertiary/aromatic N) is 6. The van der Waals surface area contributed by atoms with Crippen molar-refractivity contribution in [2.45, 2.75) is 62.7 Å². The van der Waals surface area contributed by atoms with Crippen molar-refractivity contribution in [3.63, 3.8) is 0 Å². The largest absolute Gasteiger partial charge is 0.494 e. The zero-order chi connectivity index (χ0) is 41.7. The van der Waals surface area contributed by atoms with Gasteiger partial charge in [0.15, 0.2) is 0 Å². The number of carbonyl (C=O) groups excluding carboxylic acids is 5. The van der Waals surface area contributed by atoms with Gasteiger partial charge in [-0.1, -0.05) is 12.1 Å². The Hall–Kier alpha value is -6.10. The highest BCUT2D eigenvalue weighted by atomic mass is 19.4. The van der Waals surface area contributed by atoms with Crippen molar-refractivity contribution in [2.24, 2.45) is 18.4 Å². The number of halogens is 3. The first kappa shape index (κ1) is 38.1. The molecule has 3 saturated heterocycles. The van der Waals surface area contributed by atoms with Gasteiger partial charge in [0.05, 0.1) is 43.1 Å². The van der Waals surface area contributed by atoms with Gasteiger partial charge < -0.3 is 23.8 Å². The molecule has 14 nitrogen and oxygen atoms in total. The Kier molecular flexibility index (Phi) is 8.72. The fourth-order valence-corrected chi connectivity index (χ4v) is 9.99. The Balaban J connectivity index is 0.765. The molecule has 10 rings (SSSR count). The molecule has 1 unspecified atom stereocenters. The van der Waals surface area contributed by atoms with Gasteiger partial charge in [-0.05, 0) is 85.2 Å². The van der Waals surface area contributed by atoms with E-state index in [1.807, 2.05) is 34.7 Å². The van der Waals surface area contributed by atoms with Gasteiger partial charge in [0.2, 0.25) is 11.8 Å². The van der Waals surface area contributed by atoms with Crippen LogP contribution in [-0.4, -0.2) is 88.2 Å². The van der Waals surface area contributed by atoms with Crippen LogP contribution in [0.4, 0.5) is 24.5 Å². The third-order valence-electron chi connectivity index (χ3n) is 13.2. The van der Waals surface area contributed by atoms with E-state index in [1.54, 1.807) is 24.5 Å². The number of piperidine rings is 1. The lowest BCUT2D eigenvalue weighted by atomic mass is 9.57. The summed E-state index contributed by atoms with van der Waals surface area (Å²) in [6.45, 7) is 2.24. The second kappa shape index (κ2) is 13.7. The summed E-state index contributed by atoms with van der Waals surface area (Å²) in [7, 11) is 1.87. The summed E-state index contributed by atoms with van der Waals surface area (Å²) in [6, 6.07) is 13.8. The van der Waals surface area contributed by atoms with Gasteiger partial charge in [-0.25, -0.2) is 0 Å². The molecule has 1 spiro atoms. The number of nitrogens with one attached hydrogen (secondary N) is 1. The second-order valence-corrected chi connectivity index (χ2v) is 17.2. The molecule has 1 atom stereocenters. The molecule has 4 aromatic rings. The van der Waals surface area contributed by atoms with E-state index in [0.717, 1.165) is 35.6 Å².